The van der Waals surface area contributed by atoms with Crippen molar-refractivity contribution < 1.29 is 13.2 Å². The van der Waals surface area contributed by atoms with Crippen molar-refractivity contribution in [3.05, 3.63) is 16.3 Å². The molecule has 24 heavy (non-hydrogen) atoms. The van der Waals surface area contributed by atoms with Gasteiger partial charge in [0.05, 0.1) is 0 Å². The number of amides is 1. The van der Waals surface area contributed by atoms with Gasteiger partial charge in [-0.05, 0) is 43.8 Å². The minimum absolute atomic E-state index is 0.0928. The predicted octanol–water partition coefficient (Wildman–Crippen LogP) is 1.85. The van der Waals surface area contributed by atoms with E-state index in [2.05, 4.69) is 24.1 Å². The fourth-order valence-corrected chi connectivity index (χ4v) is 5.88. The normalized spacial score (nSPS) is 16.7. The molecule has 1 N–H and O–H groups in total. The first-order chi connectivity index (χ1) is 11.1. The fourth-order valence-electron chi connectivity index (χ4n) is 3.05. The molecule has 0 aliphatic carbocycles. The molecule has 0 aromatic carbocycles. The number of thiophene rings is 1. The Hall–Kier alpha value is -0.960. The number of carbonyl (C=O) groups is 1. The third-order valence-electron chi connectivity index (χ3n) is 3.99. The number of rotatable bonds is 7. The van der Waals surface area contributed by atoms with E-state index in [1.54, 1.807) is 5.38 Å². The van der Waals surface area contributed by atoms with Crippen LogP contribution in [0.3, 0.4) is 0 Å². The minimum Gasteiger partial charge on any atom is -0.351 e. The SMILES string of the molecule is CN(C)CC(C)(C)CNC(=O)c1sccc1S(=O)(=O)N1CCCC1. The van der Waals surface area contributed by atoms with Crippen LogP contribution in [-0.2, 0) is 10.0 Å². The van der Waals surface area contributed by atoms with E-state index < -0.39 is 10.0 Å². The summed E-state index contributed by atoms with van der Waals surface area (Å²) in [7, 11) is 0.410. The number of hydrogen-bond acceptors (Lipinski definition) is 5. The summed E-state index contributed by atoms with van der Waals surface area (Å²) in [4.78, 5) is 15.0. The largest absolute Gasteiger partial charge is 0.351 e. The molecule has 1 aromatic heterocycles. The van der Waals surface area contributed by atoms with Gasteiger partial charge in [-0.25, -0.2) is 8.42 Å². The van der Waals surface area contributed by atoms with Gasteiger partial charge in [0.25, 0.3) is 5.91 Å². The number of nitrogens with zero attached hydrogens (tertiary/aromatic N) is 2. The molecule has 0 bridgehead atoms. The van der Waals surface area contributed by atoms with Crippen molar-refractivity contribution >= 4 is 27.3 Å². The molecule has 1 fully saturated rings. The van der Waals surface area contributed by atoms with E-state index >= 15 is 0 Å². The molecule has 2 heterocycles. The molecule has 0 spiro atoms. The van der Waals surface area contributed by atoms with E-state index in [1.807, 2.05) is 14.1 Å². The fraction of sp³-hybridized carbons (Fsp3) is 0.688. The van der Waals surface area contributed by atoms with Gasteiger partial charge in [0.15, 0.2) is 0 Å². The second kappa shape index (κ2) is 7.51. The Balaban J connectivity index is 2.11. The monoisotopic (exact) mass is 373 g/mol. The van der Waals surface area contributed by atoms with Crippen LogP contribution in [0.15, 0.2) is 16.3 Å². The summed E-state index contributed by atoms with van der Waals surface area (Å²) in [5.41, 5.74) is -0.0928. The number of carbonyl (C=O) groups excluding carboxylic acids is 1. The van der Waals surface area contributed by atoms with Crippen LogP contribution in [0.2, 0.25) is 0 Å². The summed E-state index contributed by atoms with van der Waals surface area (Å²) < 4.78 is 26.9. The van der Waals surface area contributed by atoms with Crippen molar-refractivity contribution in [2.24, 2.45) is 5.41 Å². The third kappa shape index (κ3) is 4.56. The zero-order valence-electron chi connectivity index (χ0n) is 14.8. The molecule has 8 heteroatoms. The van der Waals surface area contributed by atoms with Crippen molar-refractivity contribution in [1.29, 1.82) is 0 Å². The Labute approximate surface area is 148 Å². The van der Waals surface area contributed by atoms with Crippen LogP contribution >= 0.6 is 11.3 Å². The molecule has 136 valence electrons. The van der Waals surface area contributed by atoms with Crippen LogP contribution in [0.5, 0.6) is 0 Å². The van der Waals surface area contributed by atoms with Crippen molar-refractivity contribution in [2.45, 2.75) is 31.6 Å². The number of hydrogen-bond donors (Lipinski definition) is 1. The molecule has 1 aliphatic heterocycles. The van der Waals surface area contributed by atoms with E-state index in [0.717, 1.165) is 19.4 Å². The molecule has 1 saturated heterocycles. The molecule has 1 aliphatic rings. The first kappa shape index (κ1) is 19.4. The van der Waals surface area contributed by atoms with Crippen LogP contribution < -0.4 is 5.32 Å². The van der Waals surface area contributed by atoms with Crippen molar-refractivity contribution in [1.82, 2.24) is 14.5 Å². The highest BCUT2D eigenvalue weighted by Crippen LogP contribution is 2.27. The van der Waals surface area contributed by atoms with Gasteiger partial charge in [-0.15, -0.1) is 11.3 Å². The minimum atomic E-state index is -3.57. The predicted molar refractivity (Wildman–Crippen MR) is 97.0 cm³/mol. The molecule has 0 radical (unpaired) electrons. The standard InChI is InChI=1S/C16H27N3O3S2/c1-16(2,12-18(3)4)11-17-15(20)14-13(7-10-23-14)24(21,22)19-8-5-6-9-19/h7,10H,5-6,8-9,11-12H2,1-4H3,(H,17,20). The molecule has 2 rings (SSSR count). The molecule has 1 aromatic rings. The summed E-state index contributed by atoms with van der Waals surface area (Å²) >= 11 is 1.18. The maximum absolute atomic E-state index is 12.7. The van der Waals surface area contributed by atoms with Gasteiger partial charge in [-0.3, -0.25) is 4.79 Å². The van der Waals surface area contributed by atoms with Gasteiger partial charge in [0.1, 0.15) is 9.77 Å². The molecule has 0 saturated carbocycles. The molecule has 0 unspecified atom stereocenters. The second-order valence-corrected chi connectivity index (χ2v) is 10.1. The first-order valence-electron chi connectivity index (χ1n) is 8.14. The Morgan fingerprint density at radius 2 is 1.96 bits per heavy atom. The highest BCUT2D eigenvalue weighted by Gasteiger charge is 2.32. The summed E-state index contributed by atoms with van der Waals surface area (Å²) in [5.74, 6) is -0.311. The van der Waals surface area contributed by atoms with Crippen LogP contribution in [0, 0.1) is 5.41 Å². The Morgan fingerprint density at radius 1 is 1.33 bits per heavy atom. The van der Waals surface area contributed by atoms with Crippen molar-refractivity contribution in [3.63, 3.8) is 0 Å². The highest BCUT2D eigenvalue weighted by atomic mass is 32.2. The molecule has 6 nitrogen and oxygen atoms in total. The van der Waals surface area contributed by atoms with Gasteiger partial charge in [0.2, 0.25) is 10.0 Å². The van der Waals surface area contributed by atoms with Gasteiger partial charge in [0, 0.05) is 26.2 Å². The number of nitrogens with one attached hydrogen (secondary N) is 1. The van der Waals surface area contributed by atoms with E-state index in [0.29, 0.717) is 19.6 Å². The van der Waals surface area contributed by atoms with Crippen LogP contribution in [0.4, 0.5) is 0 Å². The summed E-state index contributed by atoms with van der Waals surface area (Å²) in [6, 6.07) is 1.54. The highest BCUT2D eigenvalue weighted by molar-refractivity contribution is 7.89. The summed E-state index contributed by atoms with van der Waals surface area (Å²) in [5, 5.41) is 4.57. The van der Waals surface area contributed by atoms with Crippen LogP contribution in [0.1, 0.15) is 36.4 Å². The average molecular weight is 374 g/mol. The zero-order chi connectivity index (χ0) is 18.0. The first-order valence-corrected chi connectivity index (χ1v) is 10.5. The van der Waals surface area contributed by atoms with Crippen molar-refractivity contribution in [2.75, 3.05) is 40.3 Å². The van der Waals surface area contributed by atoms with Gasteiger partial charge in [-0.2, -0.15) is 4.31 Å². The summed E-state index contributed by atoms with van der Waals surface area (Å²) in [6.07, 6.45) is 1.76. The third-order valence-corrected chi connectivity index (χ3v) is 6.97. The zero-order valence-corrected chi connectivity index (χ0v) is 16.5. The lowest BCUT2D eigenvalue weighted by Crippen LogP contribution is -2.40. The lowest BCUT2D eigenvalue weighted by Gasteiger charge is -2.28. The van der Waals surface area contributed by atoms with Gasteiger partial charge in [-0.1, -0.05) is 13.8 Å². The Morgan fingerprint density at radius 3 is 2.54 bits per heavy atom. The average Bonchev–Trinajstić information content (AvgIpc) is 3.14. The topological polar surface area (TPSA) is 69.7 Å². The number of sulfonamides is 1. The molecular weight excluding hydrogens is 346 g/mol. The van der Waals surface area contributed by atoms with Crippen LogP contribution in [0.25, 0.3) is 0 Å². The van der Waals surface area contributed by atoms with E-state index in [-0.39, 0.29) is 21.1 Å². The van der Waals surface area contributed by atoms with Crippen LogP contribution in [-0.4, -0.2) is 63.8 Å². The quantitative estimate of drug-likeness (QED) is 0.792. The van der Waals surface area contributed by atoms with E-state index in [1.165, 1.54) is 21.7 Å². The maximum Gasteiger partial charge on any atom is 0.262 e. The van der Waals surface area contributed by atoms with E-state index in [9.17, 15) is 13.2 Å². The molecular formula is C16H27N3O3S2. The molecule has 0 atom stereocenters. The lowest BCUT2D eigenvalue weighted by molar-refractivity contribution is 0.0930. The van der Waals surface area contributed by atoms with E-state index in [4.69, 9.17) is 0 Å². The maximum atomic E-state index is 12.7. The Kier molecular flexibility index (Phi) is 6.06. The summed E-state index contributed by atoms with van der Waals surface area (Å²) in [6.45, 7) is 6.54. The van der Waals surface area contributed by atoms with Gasteiger partial charge < -0.3 is 10.2 Å². The molecule has 1 amide bonds. The second-order valence-electron chi connectivity index (χ2n) is 7.31. The smallest absolute Gasteiger partial charge is 0.262 e. The Bertz CT molecular complexity index is 674. The van der Waals surface area contributed by atoms with Crippen molar-refractivity contribution in [3.8, 4) is 0 Å². The van der Waals surface area contributed by atoms with Gasteiger partial charge >= 0.3 is 0 Å². The lowest BCUT2D eigenvalue weighted by atomic mass is 9.93.